The Balaban J connectivity index is 1.35. The highest BCUT2D eigenvalue weighted by molar-refractivity contribution is 5.41. The van der Waals surface area contributed by atoms with Gasteiger partial charge in [0, 0.05) is 44.1 Å². The van der Waals surface area contributed by atoms with Crippen LogP contribution in [0.2, 0.25) is 0 Å². The average Bonchev–Trinajstić information content (AvgIpc) is 3.05. The van der Waals surface area contributed by atoms with Crippen molar-refractivity contribution in [1.29, 1.82) is 0 Å². The first-order valence-corrected chi connectivity index (χ1v) is 9.00. The third kappa shape index (κ3) is 3.62. The Bertz CT molecular complexity index is 885. The minimum Gasteiger partial charge on any atom is -0.481 e. The average molecular weight is 352 g/mol. The predicted octanol–water partition coefficient (Wildman–Crippen LogP) is 2.52. The molecule has 1 aliphatic heterocycles. The van der Waals surface area contributed by atoms with Gasteiger partial charge in [-0.3, -0.25) is 4.90 Å². The molecule has 0 aliphatic carbocycles. The van der Waals surface area contributed by atoms with Crippen LogP contribution in [0.1, 0.15) is 24.1 Å². The Morgan fingerprint density at radius 1 is 1.19 bits per heavy atom. The number of likely N-dealkylation sites (tertiary alicyclic amines) is 1. The highest BCUT2D eigenvalue weighted by Crippen LogP contribution is 2.18. The van der Waals surface area contributed by atoms with E-state index in [0.29, 0.717) is 17.9 Å². The van der Waals surface area contributed by atoms with Gasteiger partial charge in [-0.2, -0.15) is 4.98 Å². The van der Waals surface area contributed by atoms with Gasteiger partial charge in [0.15, 0.2) is 0 Å². The third-order valence-electron chi connectivity index (χ3n) is 4.88. The Morgan fingerprint density at radius 2 is 2.04 bits per heavy atom. The molecule has 1 saturated heterocycles. The van der Waals surface area contributed by atoms with Gasteiger partial charge in [0.2, 0.25) is 11.8 Å². The number of hydrogen-bond donors (Lipinski definition) is 1. The summed E-state index contributed by atoms with van der Waals surface area (Å²) in [5, 5.41) is 3.43. The van der Waals surface area contributed by atoms with Gasteiger partial charge in [0.05, 0.1) is 19.0 Å². The Labute approximate surface area is 153 Å². The SMILES string of the molecule is COc1ccnc(NC2CCN(Cc3cnc4ccc(C)cn34)CC2)n1. The van der Waals surface area contributed by atoms with Crippen LogP contribution in [0.5, 0.6) is 5.88 Å². The number of nitrogens with zero attached hydrogens (tertiary/aromatic N) is 5. The zero-order valence-corrected chi connectivity index (χ0v) is 15.2. The topological polar surface area (TPSA) is 67.6 Å². The van der Waals surface area contributed by atoms with Gasteiger partial charge in [-0.1, -0.05) is 6.07 Å². The van der Waals surface area contributed by atoms with Crippen molar-refractivity contribution in [2.45, 2.75) is 32.4 Å². The van der Waals surface area contributed by atoms with Crippen LogP contribution in [0.3, 0.4) is 0 Å². The maximum Gasteiger partial charge on any atom is 0.226 e. The monoisotopic (exact) mass is 352 g/mol. The molecule has 0 amide bonds. The number of piperidine rings is 1. The van der Waals surface area contributed by atoms with Crippen molar-refractivity contribution in [3.63, 3.8) is 0 Å². The molecule has 3 aromatic rings. The van der Waals surface area contributed by atoms with E-state index in [1.54, 1.807) is 19.4 Å². The minimum atomic E-state index is 0.391. The molecule has 1 fully saturated rings. The third-order valence-corrected chi connectivity index (χ3v) is 4.88. The number of nitrogens with one attached hydrogen (secondary N) is 1. The summed E-state index contributed by atoms with van der Waals surface area (Å²) in [4.78, 5) is 15.6. The number of ether oxygens (including phenoxy) is 1. The first-order valence-electron chi connectivity index (χ1n) is 9.00. The Morgan fingerprint density at radius 3 is 2.85 bits per heavy atom. The second kappa shape index (κ2) is 7.29. The number of pyridine rings is 1. The van der Waals surface area contributed by atoms with Gasteiger partial charge < -0.3 is 14.5 Å². The molecule has 0 radical (unpaired) electrons. The van der Waals surface area contributed by atoms with Gasteiger partial charge in [0.1, 0.15) is 5.65 Å². The molecule has 0 unspecified atom stereocenters. The molecule has 7 heteroatoms. The Kier molecular flexibility index (Phi) is 4.71. The molecule has 1 N–H and O–H groups in total. The number of hydrogen-bond acceptors (Lipinski definition) is 6. The molecule has 0 bridgehead atoms. The maximum absolute atomic E-state index is 5.16. The fourth-order valence-electron chi connectivity index (χ4n) is 3.43. The quantitative estimate of drug-likeness (QED) is 0.761. The summed E-state index contributed by atoms with van der Waals surface area (Å²) >= 11 is 0. The van der Waals surface area contributed by atoms with Gasteiger partial charge in [-0.05, 0) is 31.4 Å². The van der Waals surface area contributed by atoms with Crippen LogP contribution in [0, 0.1) is 6.92 Å². The molecule has 0 aromatic carbocycles. The maximum atomic E-state index is 5.16. The van der Waals surface area contributed by atoms with E-state index < -0.39 is 0 Å². The zero-order chi connectivity index (χ0) is 17.9. The second-order valence-electron chi connectivity index (χ2n) is 6.80. The molecule has 26 heavy (non-hydrogen) atoms. The van der Waals surface area contributed by atoms with Gasteiger partial charge in [-0.15, -0.1) is 0 Å². The molecule has 0 saturated carbocycles. The molecule has 4 rings (SSSR count). The van der Waals surface area contributed by atoms with Crippen molar-refractivity contribution in [3.8, 4) is 5.88 Å². The summed E-state index contributed by atoms with van der Waals surface area (Å²) in [6, 6.07) is 6.32. The number of anilines is 1. The van der Waals surface area contributed by atoms with E-state index in [4.69, 9.17) is 4.74 Å². The standard InChI is InChI=1S/C19H24N6O/c1-14-3-4-17-21-11-16(25(17)12-14)13-24-9-6-15(7-10-24)22-19-20-8-5-18(23-19)26-2/h3-5,8,11-12,15H,6-7,9-10,13H2,1-2H3,(H,20,22,23). The highest BCUT2D eigenvalue weighted by atomic mass is 16.5. The Hall–Kier alpha value is -2.67. The first-order chi connectivity index (χ1) is 12.7. The zero-order valence-electron chi connectivity index (χ0n) is 15.2. The molecule has 7 nitrogen and oxygen atoms in total. The first kappa shape index (κ1) is 16.8. The van der Waals surface area contributed by atoms with E-state index in [9.17, 15) is 0 Å². The molecule has 0 atom stereocenters. The number of aryl methyl sites for hydroxylation is 1. The largest absolute Gasteiger partial charge is 0.481 e. The fraction of sp³-hybridized carbons (Fsp3) is 0.421. The summed E-state index contributed by atoms with van der Waals surface area (Å²) in [6.07, 6.45) is 8.00. The molecule has 3 aromatic heterocycles. The number of rotatable bonds is 5. The van der Waals surface area contributed by atoms with Gasteiger partial charge >= 0.3 is 0 Å². The van der Waals surface area contributed by atoms with Crippen LogP contribution in [-0.2, 0) is 6.54 Å². The van der Waals surface area contributed by atoms with Crippen molar-refractivity contribution in [2.75, 3.05) is 25.5 Å². The van der Waals surface area contributed by atoms with Crippen molar-refractivity contribution in [1.82, 2.24) is 24.3 Å². The van der Waals surface area contributed by atoms with Crippen LogP contribution in [0.15, 0.2) is 36.8 Å². The van der Waals surface area contributed by atoms with Crippen molar-refractivity contribution in [3.05, 3.63) is 48.0 Å². The smallest absolute Gasteiger partial charge is 0.226 e. The number of fused-ring (bicyclic) bond motifs is 1. The normalized spacial score (nSPS) is 16.1. The van der Waals surface area contributed by atoms with E-state index in [1.165, 1.54) is 11.3 Å². The van der Waals surface area contributed by atoms with Crippen molar-refractivity contribution < 1.29 is 4.74 Å². The molecule has 1 aliphatic rings. The van der Waals surface area contributed by atoms with Crippen LogP contribution >= 0.6 is 0 Å². The summed E-state index contributed by atoms with van der Waals surface area (Å²) < 4.78 is 7.35. The lowest BCUT2D eigenvalue weighted by Crippen LogP contribution is -2.39. The second-order valence-corrected chi connectivity index (χ2v) is 6.80. The lowest BCUT2D eigenvalue weighted by Gasteiger charge is -2.32. The highest BCUT2D eigenvalue weighted by Gasteiger charge is 2.21. The predicted molar refractivity (Wildman–Crippen MR) is 100 cm³/mol. The van der Waals surface area contributed by atoms with Crippen molar-refractivity contribution >= 4 is 11.6 Å². The molecular weight excluding hydrogens is 328 g/mol. The van der Waals surface area contributed by atoms with Gasteiger partial charge in [-0.25, -0.2) is 9.97 Å². The summed E-state index contributed by atoms with van der Waals surface area (Å²) in [6.45, 7) is 5.12. The molecule has 4 heterocycles. The number of methoxy groups -OCH3 is 1. The molecule has 136 valence electrons. The number of aromatic nitrogens is 4. The summed E-state index contributed by atoms with van der Waals surface area (Å²) in [7, 11) is 1.62. The van der Waals surface area contributed by atoms with Crippen LogP contribution in [-0.4, -0.2) is 50.5 Å². The van der Waals surface area contributed by atoms with Crippen LogP contribution < -0.4 is 10.1 Å². The van der Waals surface area contributed by atoms with E-state index in [0.717, 1.165) is 38.1 Å². The fourth-order valence-corrected chi connectivity index (χ4v) is 3.43. The lowest BCUT2D eigenvalue weighted by atomic mass is 10.1. The van der Waals surface area contributed by atoms with E-state index in [2.05, 4.69) is 54.8 Å². The minimum absolute atomic E-state index is 0.391. The van der Waals surface area contributed by atoms with Crippen LogP contribution in [0.4, 0.5) is 5.95 Å². The lowest BCUT2D eigenvalue weighted by molar-refractivity contribution is 0.208. The van der Waals surface area contributed by atoms with E-state index in [-0.39, 0.29) is 0 Å². The number of imidazole rings is 1. The summed E-state index contributed by atoms with van der Waals surface area (Å²) in [5.74, 6) is 1.22. The van der Waals surface area contributed by atoms with E-state index in [1.807, 2.05) is 6.20 Å². The molecular formula is C19H24N6O. The van der Waals surface area contributed by atoms with Crippen LogP contribution in [0.25, 0.3) is 5.65 Å². The van der Waals surface area contributed by atoms with Gasteiger partial charge in [0.25, 0.3) is 0 Å². The van der Waals surface area contributed by atoms with Crippen molar-refractivity contribution in [2.24, 2.45) is 0 Å². The molecule has 0 spiro atoms. The van der Waals surface area contributed by atoms with E-state index >= 15 is 0 Å². The summed E-state index contributed by atoms with van der Waals surface area (Å²) in [5.41, 5.74) is 3.50.